The third-order valence-corrected chi connectivity index (χ3v) is 4.21. The third kappa shape index (κ3) is 4.18. The normalized spacial score (nSPS) is 10.8. The molecule has 0 aliphatic heterocycles. The maximum Gasteiger partial charge on any atom is 0.165 e. The first-order valence-electron chi connectivity index (χ1n) is 8.57. The quantitative estimate of drug-likeness (QED) is 0.664. The Labute approximate surface area is 147 Å². The van der Waals surface area contributed by atoms with Crippen LogP contribution in [0.4, 0.5) is 0 Å². The highest BCUT2D eigenvalue weighted by molar-refractivity contribution is 5.81. The van der Waals surface area contributed by atoms with E-state index in [1.807, 2.05) is 43.3 Å². The summed E-state index contributed by atoms with van der Waals surface area (Å²) < 4.78 is 2.05. The Morgan fingerprint density at radius 2 is 1.92 bits per heavy atom. The van der Waals surface area contributed by atoms with E-state index < -0.39 is 0 Å². The van der Waals surface area contributed by atoms with Crippen molar-refractivity contribution in [1.29, 1.82) is 0 Å². The minimum absolute atomic E-state index is 0.220. The maximum absolute atomic E-state index is 12.3. The van der Waals surface area contributed by atoms with Gasteiger partial charge in [-0.15, -0.1) is 10.2 Å². The van der Waals surface area contributed by atoms with E-state index in [-0.39, 0.29) is 5.78 Å². The van der Waals surface area contributed by atoms with Gasteiger partial charge in [-0.25, -0.2) is 0 Å². The first-order valence-corrected chi connectivity index (χ1v) is 8.57. The molecule has 0 aliphatic rings. The minimum Gasteiger partial charge on any atom is -0.311 e. The van der Waals surface area contributed by atoms with Crippen molar-refractivity contribution in [3.63, 3.8) is 0 Å². The zero-order valence-electron chi connectivity index (χ0n) is 14.6. The molecule has 2 heterocycles. The molecule has 0 amide bonds. The van der Waals surface area contributed by atoms with E-state index >= 15 is 0 Å². The number of ketones is 1. The summed E-state index contributed by atoms with van der Waals surface area (Å²) in [6, 6.07) is 12.0. The maximum atomic E-state index is 12.3. The van der Waals surface area contributed by atoms with E-state index in [2.05, 4.69) is 26.7 Å². The lowest BCUT2D eigenvalue weighted by Gasteiger charge is -2.07. The van der Waals surface area contributed by atoms with Crippen LogP contribution in [0.25, 0.3) is 11.4 Å². The van der Waals surface area contributed by atoms with Gasteiger partial charge in [0, 0.05) is 43.8 Å². The van der Waals surface area contributed by atoms with Crippen LogP contribution in [0.15, 0.2) is 48.8 Å². The molecule has 1 aromatic carbocycles. The average molecular weight is 334 g/mol. The van der Waals surface area contributed by atoms with Crippen LogP contribution in [0.2, 0.25) is 0 Å². The van der Waals surface area contributed by atoms with Crippen molar-refractivity contribution in [3.05, 3.63) is 65.7 Å². The lowest BCUT2D eigenvalue weighted by Crippen LogP contribution is -2.09. The second-order valence-corrected chi connectivity index (χ2v) is 6.13. The molecular weight excluding hydrogens is 312 g/mol. The Morgan fingerprint density at radius 1 is 1.12 bits per heavy atom. The highest BCUT2D eigenvalue weighted by Gasteiger charge is 2.14. The molecule has 2 aromatic heterocycles. The average Bonchev–Trinajstić information content (AvgIpc) is 3.05. The van der Waals surface area contributed by atoms with E-state index in [0.717, 1.165) is 29.3 Å². The molecule has 0 atom stereocenters. The van der Waals surface area contributed by atoms with Gasteiger partial charge in [-0.2, -0.15) is 0 Å². The molecule has 0 unspecified atom stereocenters. The molecule has 0 fully saturated rings. The van der Waals surface area contributed by atoms with Crippen molar-refractivity contribution in [1.82, 2.24) is 19.7 Å². The van der Waals surface area contributed by atoms with E-state index in [9.17, 15) is 4.79 Å². The van der Waals surface area contributed by atoms with Gasteiger partial charge in [-0.1, -0.05) is 29.8 Å². The van der Waals surface area contributed by atoms with Gasteiger partial charge in [0.05, 0.1) is 0 Å². The third-order valence-electron chi connectivity index (χ3n) is 4.21. The molecule has 3 rings (SSSR count). The Morgan fingerprint density at radius 3 is 2.60 bits per heavy atom. The van der Waals surface area contributed by atoms with Gasteiger partial charge in [0.25, 0.3) is 0 Å². The summed E-state index contributed by atoms with van der Waals surface area (Å²) in [6.45, 7) is 4.86. The van der Waals surface area contributed by atoms with Crippen LogP contribution < -0.4 is 0 Å². The van der Waals surface area contributed by atoms with Crippen LogP contribution in [0, 0.1) is 6.92 Å². The number of hydrogen-bond donors (Lipinski definition) is 0. The molecular formula is C20H22N4O. The first-order chi connectivity index (χ1) is 12.2. The number of aryl methyl sites for hydroxylation is 2. The first kappa shape index (κ1) is 17.0. The van der Waals surface area contributed by atoms with E-state index in [1.165, 1.54) is 5.56 Å². The fourth-order valence-corrected chi connectivity index (χ4v) is 2.83. The molecule has 0 aliphatic carbocycles. The van der Waals surface area contributed by atoms with Crippen molar-refractivity contribution >= 4 is 5.78 Å². The van der Waals surface area contributed by atoms with E-state index in [4.69, 9.17) is 0 Å². The van der Waals surface area contributed by atoms with E-state index in [1.54, 1.807) is 12.4 Å². The summed E-state index contributed by atoms with van der Waals surface area (Å²) in [7, 11) is 0. The molecule has 0 radical (unpaired) electrons. The smallest absolute Gasteiger partial charge is 0.165 e. The summed E-state index contributed by atoms with van der Waals surface area (Å²) >= 11 is 0. The lowest BCUT2D eigenvalue weighted by atomic mass is 10.0. The van der Waals surface area contributed by atoms with Crippen LogP contribution >= 0.6 is 0 Å². The number of pyridine rings is 1. The van der Waals surface area contributed by atoms with Gasteiger partial charge in [-0.05, 0) is 31.5 Å². The number of hydrogen-bond acceptors (Lipinski definition) is 4. The van der Waals surface area contributed by atoms with Crippen molar-refractivity contribution < 1.29 is 4.79 Å². The van der Waals surface area contributed by atoms with E-state index in [0.29, 0.717) is 19.3 Å². The lowest BCUT2D eigenvalue weighted by molar-refractivity contribution is -0.118. The summed E-state index contributed by atoms with van der Waals surface area (Å²) in [5.41, 5.74) is 3.20. The highest BCUT2D eigenvalue weighted by atomic mass is 16.1. The van der Waals surface area contributed by atoms with Crippen molar-refractivity contribution in [2.45, 2.75) is 39.7 Å². The number of aromatic nitrogens is 4. The number of benzene rings is 1. The summed E-state index contributed by atoms with van der Waals surface area (Å²) in [5, 5.41) is 8.58. The topological polar surface area (TPSA) is 60.7 Å². The molecule has 0 bridgehead atoms. The second kappa shape index (κ2) is 7.83. The van der Waals surface area contributed by atoms with Crippen LogP contribution in [0.1, 0.15) is 30.3 Å². The molecule has 0 N–H and O–H groups in total. The molecule has 3 aromatic rings. The van der Waals surface area contributed by atoms with Crippen molar-refractivity contribution in [3.8, 4) is 11.4 Å². The Hall–Kier alpha value is -2.82. The van der Waals surface area contributed by atoms with Gasteiger partial charge >= 0.3 is 0 Å². The molecule has 0 saturated carbocycles. The van der Waals surface area contributed by atoms with Gasteiger partial charge in [0.1, 0.15) is 11.6 Å². The molecule has 5 heteroatoms. The Balaban J connectivity index is 1.66. The fraction of sp³-hybridized carbons (Fsp3) is 0.300. The largest absolute Gasteiger partial charge is 0.311 e. The number of rotatable bonds is 7. The molecule has 25 heavy (non-hydrogen) atoms. The monoisotopic (exact) mass is 334 g/mol. The van der Waals surface area contributed by atoms with Gasteiger partial charge in [0.15, 0.2) is 5.82 Å². The molecule has 0 saturated heterocycles. The number of Topliss-reactive ketones (excluding diaryl/α,β-unsaturated/α-hetero) is 1. The summed E-state index contributed by atoms with van der Waals surface area (Å²) in [4.78, 5) is 16.4. The van der Waals surface area contributed by atoms with Crippen LogP contribution in [0.3, 0.4) is 0 Å². The van der Waals surface area contributed by atoms with Gasteiger partial charge in [0.2, 0.25) is 0 Å². The molecule has 5 nitrogen and oxygen atoms in total. The van der Waals surface area contributed by atoms with Crippen molar-refractivity contribution in [2.75, 3.05) is 0 Å². The summed E-state index contributed by atoms with van der Waals surface area (Å²) in [5.74, 6) is 1.87. The van der Waals surface area contributed by atoms with Crippen LogP contribution in [0.5, 0.6) is 0 Å². The van der Waals surface area contributed by atoms with Gasteiger partial charge in [-0.3, -0.25) is 9.78 Å². The van der Waals surface area contributed by atoms with Crippen LogP contribution in [-0.4, -0.2) is 25.5 Å². The SMILES string of the molecule is CCn1c(CCC(=O)Cc2ccc(C)cc2)nnc1-c1cccnc1. The number of nitrogens with zero attached hydrogens (tertiary/aromatic N) is 4. The molecule has 0 spiro atoms. The zero-order chi connectivity index (χ0) is 17.6. The van der Waals surface area contributed by atoms with Crippen LogP contribution in [-0.2, 0) is 24.2 Å². The second-order valence-electron chi connectivity index (χ2n) is 6.13. The Bertz CT molecular complexity index is 838. The standard InChI is InChI=1S/C20H22N4O/c1-3-24-19(22-23-20(24)17-5-4-12-21-14-17)11-10-18(25)13-16-8-6-15(2)7-9-16/h4-9,12,14H,3,10-11,13H2,1-2H3. The number of carbonyl (C=O) groups is 1. The molecule has 128 valence electrons. The predicted molar refractivity (Wildman–Crippen MR) is 97.1 cm³/mol. The van der Waals surface area contributed by atoms with Gasteiger partial charge < -0.3 is 4.57 Å². The number of carbonyl (C=O) groups excluding carboxylic acids is 1. The van der Waals surface area contributed by atoms with Crippen molar-refractivity contribution in [2.24, 2.45) is 0 Å². The highest BCUT2D eigenvalue weighted by Crippen LogP contribution is 2.18. The summed E-state index contributed by atoms with van der Waals surface area (Å²) in [6.07, 6.45) is 5.06. The zero-order valence-corrected chi connectivity index (χ0v) is 14.6. The minimum atomic E-state index is 0.220. The fourth-order valence-electron chi connectivity index (χ4n) is 2.83. The predicted octanol–water partition coefficient (Wildman–Crippen LogP) is 3.41. The Kier molecular flexibility index (Phi) is 5.33.